The van der Waals surface area contributed by atoms with Gasteiger partial charge in [0.2, 0.25) is 0 Å². The van der Waals surface area contributed by atoms with Gasteiger partial charge in [-0.1, -0.05) is 13.8 Å². The molecule has 0 aromatic carbocycles. The van der Waals surface area contributed by atoms with E-state index >= 15 is 0 Å². The molecule has 1 N–H and O–H groups in total. The van der Waals surface area contributed by atoms with Crippen LogP contribution in [0.25, 0.3) is 0 Å². The predicted octanol–water partition coefficient (Wildman–Crippen LogP) is 2.04. The Morgan fingerprint density at radius 3 is 2.61 bits per heavy atom. The van der Waals surface area contributed by atoms with Crippen molar-refractivity contribution < 1.29 is 9.53 Å². The van der Waals surface area contributed by atoms with Crippen LogP contribution in [0.5, 0.6) is 5.75 Å². The summed E-state index contributed by atoms with van der Waals surface area (Å²) in [6.07, 6.45) is 2.05. The van der Waals surface area contributed by atoms with Crippen molar-refractivity contribution in [3.63, 3.8) is 0 Å². The van der Waals surface area contributed by atoms with Gasteiger partial charge in [-0.15, -0.1) is 0 Å². The van der Waals surface area contributed by atoms with Crippen LogP contribution in [0.1, 0.15) is 50.6 Å². The van der Waals surface area contributed by atoms with Crippen molar-refractivity contribution in [3.8, 4) is 5.75 Å². The Morgan fingerprint density at radius 2 is 2.11 bits per heavy atom. The molecule has 0 amide bonds. The van der Waals surface area contributed by atoms with Crippen LogP contribution in [0.4, 0.5) is 0 Å². The molecule has 0 saturated heterocycles. The Bertz CT molecular complexity index is 397. The third-order valence-corrected chi connectivity index (χ3v) is 2.64. The normalized spacial score (nSPS) is 11.3. The van der Waals surface area contributed by atoms with Crippen molar-refractivity contribution in [1.82, 2.24) is 15.1 Å². The number of nitrogens with one attached hydrogen (secondary N) is 1. The van der Waals surface area contributed by atoms with E-state index in [4.69, 9.17) is 4.74 Å². The van der Waals surface area contributed by atoms with Crippen molar-refractivity contribution >= 4 is 5.78 Å². The fourth-order valence-electron chi connectivity index (χ4n) is 1.75. The fraction of sp³-hybridized carbons (Fsp3) is 0.692. The minimum Gasteiger partial charge on any atom is -0.493 e. The second-order valence-corrected chi connectivity index (χ2v) is 4.88. The van der Waals surface area contributed by atoms with Crippen molar-refractivity contribution in [3.05, 3.63) is 11.9 Å². The van der Waals surface area contributed by atoms with Gasteiger partial charge in [-0.3, -0.25) is 9.48 Å². The van der Waals surface area contributed by atoms with Gasteiger partial charge in [0.05, 0.1) is 13.3 Å². The van der Waals surface area contributed by atoms with Gasteiger partial charge in [-0.25, -0.2) is 0 Å². The second-order valence-electron chi connectivity index (χ2n) is 4.88. The standard InChI is InChI=1S/C13H23N3O2/c1-9(2)14-7-6-11(17)13-12(18-5)8-15-16(13)10(3)4/h8-10,14H,6-7H2,1-5H3. The Morgan fingerprint density at radius 1 is 1.44 bits per heavy atom. The molecule has 0 aliphatic rings. The maximum atomic E-state index is 12.2. The van der Waals surface area contributed by atoms with Crippen molar-refractivity contribution in [2.75, 3.05) is 13.7 Å². The molecule has 1 aromatic heterocycles. The van der Waals surface area contributed by atoms with E-state index in [1.54, 1.807) is 18.0 Å². The van der Waals surface area contributed by atoms with Gasteiger partial charge in [0.25, 0.3) is 0 Å². The molecule has 0 spiro atoms. The van der Waals surface area contributed by atoms with E-state index in [9.17, 15) is 4.79 Å². The van der Waals surface area contributed by atoms with Gasteiger partial charge in [-0.05, 0) is 13.8 Å². The third kappa shape index (κ3) is 3.57. The summed E-state index contributed by atoms with van der Waals surface area (Å²) in [6.45, 7) is 8.78. The van der Waals surface area contributed by atoms with Crippen LogP contribution in [0.15, 0.2) is 6.20 Å². The summed E-state index contributed by atoms with van der Waals surface area (Å²) < 4.78 is 6.92. The lowest BCUT2D eigenvalue weighted by molar-refractivity contribution is 0.0966. The number of methoxy groups -OCH3 is 1. The number of rotatable bonds is 7. The Hall–Kier alpha value is -1.36. The Labute approximate surface area is 109 Å². The molecule has 102 valence electrons. The van der Waals surface area contributed by atoms with Crippen LogP contribution >= 0.6 is 0 Å². The van der Waals surface area contributed by atoms with Crippen LogP contribution in [0.3, 0.4) is 0 Å². The summed E-state index contributed by atoms with van der Waals surface area (Å²) in [5.74, 6) is 0.615. The van der Waals surface area contributed by atoms with Crippen LogP contribution < -0.4 is 10.1 Å². The third-order valence-electron chi connectivity index (χ3n) is 2.64. The van der Waals surface area contributed by atoms with Gasteiger partial charge in [0, 0.05) is 25.0 Å². The lowest BCUT2D eigenvalue weighted by Gasteiger charge is -2.12. The molecule has 1 heterocycles. The minimum atomic E-state index is 0.0613. The van der Waals surface area contributed by atoms with Gasteiger partial charge in [0.15, 0.2) is 11.5 Å². The summed E-state index contributed by atoms with van der Waals surface area (Å²) >= 11 is 0. The lowest BCUT2D eigenvalue weighted by atomic mass is 10.2. The van der Waals surface area contributed by atoms with E-state index < -0.39 is 0 Å². The first-order valence-electron chi connectivity index (χ1n) is 6.35. The second kappa shape index (κ2) is 6.54. The van der Waals surface area contributed by atoms with Gasteiger partial charge >= 0.3 is 0 Å². The zero-order valence-corrected chi connectivity index (χ0v) is 11.9. The number of nitrogens with zero attached hydrogens (tertiary/aromatic N) is 2. The molecular weight excluding hydrogens is 230 g/mol. The van der Waals surface area contributed by atoms with Crippen molar-refractivity contribution in [2.45, 2.75) is 46.2 Å². The Balaban J connectivity index is 2.79. The highest BCUT2D eigenvalue weighted by Gasteiger charge is 2.20. The molecule has 0 radical (unpaired) electrons. The van der Waals surface area contributed by atoms with Crippen molar-refractivity contribution in [1.29, 1.82) is 0 Å². The van der Waals surface area contributed by atoms with E-state index in [2.05, 4.69) is 24.3 Å². The van der Waals surface area contributed by atoms with Crippen LogP contribution in [0, 0.1) is 0 Å². The molecular formula is C13H23N3O2. The molecule has 0 fully saturated rings. The number of aromatic nitrogens is 2. The number of hydrogen-bond acceptors (Lipinski definition) is 4. The van der Waals surface area contributed by atoms with Gasteiger partial charge in [0.1, 0.15) is 5.69 Å². The summed E-state index contributed by atoms with van der Waals surface area (Å²) in [5, 5.41) is 7.43. The molecule has 5 nitrogen and oxygen atoms in total. The van der Waals surface area contributed by atoms with Crippen LogP contribution in [-0.4, -0.2) is 35.3 Å². The molecule has 5 heteroatoms. The number of carbonyl (C=O) groups excluding carboxylic acids is 1. The molecule has 0 aliphatic carbocycles. The molecule has 0 saturated carbocycles. The highest BCUT2D eigenvalue weighted by Crippen LogP contribution is 2.22. The smallest absolute Gasteiger partial charge is 0.185 e. The number of ether oxygens (including phenoxy) is 1. The number of Topliss-reactive ketones (excluding diaryl/α,β-unsaturated/α-hetero) is 1. The molecule has 18 heavy (non-hydrogen) atoms. The summed E-state index contributed by atoms with van der Waals surface area (Å²) in [7, 11) is 1.56. The maximum absolute atomic E-state index is 12.2. The highest BCUT2D eigenvalue weighted by atomic mass is 16.5. The fourth-order valence-corrected chi connectivity index (χ4v) is 1.75. The predicted molar refractivity (Wildman–Crippen MR) is 71.3 cm³/mol. The minimum absolute atomic E-state index is 0.0613. The number of hydrogen-bond donors (Lipinski definition) is 1. The molecule has 0 atom stereocenters. The zero-order valence-electron chi connectivity index (χ0n) is 11.9. The molecule has 0 bridgehead atoms. The number of carbonyl (C=O) groups is 1. The average Bonchev–Trinajstić information content (AvgIpc) is 2.71. The van der Waals surface area contributed by atoms with E-state index in [-0.39, 0.29) is 11.8 Å². The monoisotopic (exact) mass is 253 g/mol. The highest BCUT2D eigenvalue weighted by molar-refractivity contribution is 5.97. The SMILES string of the molecule is COc1cnn(C(C)C)c1C(=O)CCNC(C)C. The molecule has 1 aromatic rings. The summed E-state index contributed by atoms with van der Waals surface area (Å²) in [5.41, 5.74) is 0.568. The first kappa shape index (κ1) is 14.7. The first-order chi connectivity index (χ1) is 8.47. The Kier molecular flexibility index (Phi) is 5.34. The van der Waals surface area contributed by atoms with Crippen molar-refractivity contribution in [2.24, 2.45) is 0 Å². The quantitative estimate of drug-likeness (QED) is 0.756. The average molecular weight is 253 g/mol. The zero-order chi connectivity index (χ0) is 13.7. The largest absolute Gasteiger partial charge is 0.493 e. The topological polar surface area (TPSA) is 56.2 Å². The van der Waals surface area contributed by atoms with Gasteiger partial charge < -0.3 is 10.1 Å². The van der Waals surface area contributed by atoms with E-state index in [0.717, 1.165) is 0 Å². The lowest BCUT2D eigenvalue weighted by Crippen LogP contribution is -2.26. The molecule has 1 rings (SSSR count). The summed E-state index contributed by atoms with van der Waals surface area (Å²) in [6, 6.07) is 0.528. The summed E-state index contributed by atoms with van der Waals surface area (Å²) in [4.78, 5) is 12.2. The van der Waals surface area contributed by atoms with Gasteiger partial charge in [-0.2, -0.15) is 5.10 Å². The number of ketones is 1. The van der Waals surface area contributed by atoms with Crippen LogP contribution in [0.2, 0.25) is 0 Å². The van der Waals surface area contributed by atoms with E-state index in [0.29, 0.717) is 30.5 Å². The maximum Gasteiger partial charge on any atom is 0.185 e. The molecule has 0 unspecified atom stereocenters. The first-order valence-corrected chi connectivity index (χ1v) is 6.35. The molecule has 0 aliphatic heterocycles. The van der Waals surface area contributed by atoms with E-state index in [1.165, 1.54) is 0 Å². The van der Waals surface area contributed by atoms with E-state index in [1.807, 2.05) is 13.8 Å². The van der Waals surface area contributed by atoms with Crippen LogP contribution in [-0.2, 0) is 0 Å².